The van der Waals surface area contributed by atoms with Crippen LogP contribution in [0.1, 0.15) is 35.7 Å². The van der Waals surface area contributed by atoms with E-state index in [2.05, 4.69) is 34.1 Å². The number of fused-ring (bicyclic) bond motifs is 1. The molecule has 2 heterocycles. The van der Waals surface area contributed by atoms with Crippen LogP contribution in [0.15, 0.2) is 72.0 Å². The average molecular weight is 470 g/mol. The number of amides is 1. The summed E-state index contributed by atoms with van der Waals surface area (Å²) in [7, 11) is 0. The molecule has 0 aliphatic rings. The number of hydrogen-bond acceptors (Lipinski definition) is 4. The van der Waals surface area contributed by atoms with Crippen molar-refractivity contribution in [2.24, 2.45) is 0 Å². The van der Waals surface area contributed by atoms with Gasteiger partial charge in [0.05, 0.1) is 6.42 Å². The van der Waals surface area contributed by atoms with Crippen molar-refractivity contribution in [3.63, 3.8) is 0 Å². The molecule has 7 heteroatoms. The van der Waals surface area contributed by atoms with E-state index in [1.807, 2.05) is 67.8 Å². The molecule has 1 unspecified atom stereocenters. The zero-order valence-corrected chi connectivity index (χ0v) is 20.5. The number of nitrogens with zero attached hydrogens (tertiary/aromatic N) is 4. The summed E-state index contributed by atoms with van der Waals surface area (Å²) in [5, 5.41) is 7.53. The number of carbonyl (C=O) groups excluding carboxylic acids is 1. The molecule has 0 aliphatic heterocycles. The summed E-state index contributed by atoms with van der Waals surface area (Å²) in [4.78, 5) is 30.9. The maximum absolute atomic E-state index is 13.4. The first-order valence-corrected chi connectivity index (χ1v) is 11.9. The largest absolute Gasteiger partial charge is 0.353 e. The minimum absolute atomic E-state index is 0.0124. The van der Waals surface area contributed by atoms with E-state index in [1.54, 1.807) is 6.08 Å². The van der Waals surface area contributed by atoms with Gasteiger partial charge in [-0.2, -0.15) is 9.50 Å². The third kappa shape index (κ3) is 5.40. The number of benzene rings is 2. The predicted octanol–water partition coefficient (Wildman–Crippen LogP) is 4.04. The van der Waals surface area contributed by atoms with Gasteiger partial charge in [-0.1, -0.05) is 66.2 Å². The van der Waals surface area contributed by atoms with Crippen molar-refractivity contribution in [1.29, 1.82) is 0 Å². The number of rotatable bonds is 9. The van der Waals surface area contributed by atoms with Gasteiger partial charge in [0.15, 0.2) is 5.82 Å². The number of aryl methyl sites for hydroxylation is 2. The van der Waals surface area contributed by atoms with Gasteiger partial charge >= 0.3 is 0 Å². The van der Waals surface area contributed by atoms with Crippen molar-refractivity contribution in [3.05, 3.63) is 100.0 Å². The van der Waals surface area contributed by atoms with Gasteiger partial charge in [0.25, 0.3) is 5.56 Å². The second-order valence-electron chi connectivity index (χ2n) is 8.95. The van der Waals surface area contributed by atoms with E-state index in [4.69, 9.17) is 0 Å². The van der Waals surface area contributed by atoms with Crippen molar-refractivity contribution in [2.45, 2.75) is 52.6 Å². The summed E-state index contributed by atoms with van der Waals surface area (Å²) in [5.74, 6) is 0.716. The van der Waals surface area contributed by atoms with E-state index >= 15 is 0 Å². The van der Waals surface area contributed by atoms with Crippen LogP contribution >= 0.6 is 0 Å². The Balaban J connectivity index is 1.59. The molecule has 0 fully saturated rings. The molecule has 180 valence electrons. The third-order valence-corrected chi connectivity index (χ3v) is 6.20. The summed E-state index contributed by atoms with van der Waals surface area (Å²) in [5.41, 5.74) is 3.97. The minimum Gasteiger partial charge on any atom is -0.353 e. The van der Waals surface area contributed by atoms with E-state index in [1.165, 1.54) is 10.1 Å². The maximum Gasteiger partial charge on any atom is 0.279 e. The highest BCUT2D eigenvalue weighted by molar-refractivity contribution is 5.79. The molecule has 1 amide bonds. The van der Waals surface area contributed by atoms with Crippen molar-refractivity contribution < 1.29 is 4.79 Å². The lowest BCUT2D eigenvalue weighted by Crippen LogP contribution is -2.36. The van der Waals surface area contributed by atoms with Crippen LogP contribution in [0.2, 0.25) is 0 Å². The molecule has 0 aliphatic carbocycles. The molecule has 0 saturated heterocycles. The van der Waals surface area contributed by atoms with E-state index in [0.29, 0.717) is 29.4 Å². The second-order valence-corrected chi connectivity index (χ2v) is 8.95. The van der Waals surface area contributed by atoms with Crippen molar-refractivity contribution in [3.8, 4) is 11.4 Å². The lowest BCUT2D eigenvalue weighted by molar-refractivity contribution is -0.121. The molecule has 1 atom stereocenters. The van der Waals surface area contributed by atoms with Crippen molar-refractivity contribution >= 4 is 11.7 Å². The fourth-order valence-electron chi connectivity index (χ4n) is 4.17. The summed E-state index contributed by atoms with van der Waals surface area (Å²) < 4.78 is 3.17. The van der Waals surface area contributed by atoms with Gasteiger partial charge in [0.2, 0.25) is 11.7 Å². The Hall–Kier alpha value is -4.00. The van der Waals surface area contributed by atoms with Gasteiger partial charge in [-0.15, -0.1) is 11.7 Å². The lowest BCUT2D eigenvalue weighted by Gasteiger charge is -2.16. The summed E-state index contributed by atoms with van der Waals surface area (Å²) in [6.45, 7) is 10.1. The zero-order valence-electron chi connectivity index (χ0n) is 20.5. The molecule has 0 bridgehead atoms. The Morgan fingerprint density at radius 1 is 1.11 bits per heavy atom. The predicted molar refractivity (Wildman–Crippen MR) is 138 cm³/mol. The molecule has 2 aromatic heterocycles. The molecule has 4 aromatic rings. The fraction of sp³-hybridized carbons (Fsp3) is 0.286. The molecule has 4 rings (SSSR count). The van der Waals surface area contributed by atoms with Gasteiger partial charge in [0.1, 0.15) is 0 Å². The van der Waals surface area contributed by atoms with Crippen LogP contribution < -0.4 is 10.9 Å². The van der Waals surface area contributed by atoms with Crippen LogP contribution in [0.3, 0.4) is 0 Å². The molecule has 7 nitrogen and oxygen atoms in total. The summed E-state index contributed by atoms with van der Waals surface area (Å²) >= 11 is 0. The minimum atomic E-state index is -0.323. The number of aromatic nitrogens is 4. The smallest absolute Gasteiger partial charge is 0.279 e. The molecule has 0 radical (unpaired) electrons. The number of allylic oxidation sites excluding steroid dienone is 1. The van der Waals surface area contributed by atoms with Gasteiger partial charge < -0.3 is 9.88 Å². The van der Waals surface area contributed by atoms with E-state index in [0.717, 1.165) is 24.0 Å². The highest BCUT2D eigenvalue weighted by atomic mass is 16.2. The van der Waals surface area contributed by atoms with Gasteiger partial charge in [-0.05, 0) is 39.2 Å². The Morgan fingerprint density at radius 3 is 2.51 bits per heavy atom. The third-order valence-electron chi connectivity index (χ3n) is 6.20. The van der Waals surface area contributed by atoms with Crippen LogP contribution in [-0.4, -0.2) is 31.1 Å². The normalized spacial score (nSPS) is 12.0. The highest BCUT2D eigenvalue weighted by Crippen LogP contribution is 2.18. The van der Waals surface area contributed by atoms with Crippen molar-refractivity contribution in [1.82, 2.24) is 24.5 Å². The van der Waals surface area contributed by atoms with Crippen LogP contribution in [0.4, 0.5) is 0 Å². The average Bonchev–Trinajstić information content (AvgIpc) is 3.30. The van der Waals surface area contributed by atoms with Crippen molar-refractivity contribution in [2.75, 3.05) is 0 Å². The number of hydrogen-bond donors (Lipinski definition) is 1. The number of nitrogens with one attached hydrogen (secondary N) is 1. The lowest BCUT2D eigenvalue weighted by atomic mass is 10.1. The number of carbonyl (C=O) groups is 1. The van der Waals surface area contributed by atoms with Gasteiger partial charge in [-0.3, -0.25) is 9.59 Å². The Kier molecular flexibility index (Phi) is 7.25. The first kappa shape index (κ1) is 24.1. The zero-order chi connectivity index (χ0) is 24.9. The quantitative estimate of drug-likeness (QED) is 0.375. The second kappa shape index (κ2) is 10.5. The van der Waals surface area contributed by atoms with Crippen LogP contribution in [0, 0.1) is 13.8 Å². The molecule has 2 aromatic carbocycles. The molecular weight excluding hydrogens is 438 g/mol. The van der Waals surface area contributed by atoms with Crippen LogP contribution in [-0.2, 0) is 24.2 Å². The van der Waals surface area contributed by atoms with Gasteiger partial charge in [-0.25, -0.2) is 0 Å². The Bertz CT molecular complexity index is 1400. The first-order chi connectivity index (χ1) is 16.9. The topological polar surface area (TPSA) is 81.3 Å². The SMILES string of the molecule is C=CCn1c(C)c(CC(=O)NC(C)CCc2ccccc2)c(=O)n2nc(-c3ccc(C)cc3)nc12. The Morgan fingerprint density at radius 2 is 1.83 bits per heavy atom. The molecular formula is C28H31N5O2. The standard InChI is InChI=1S/C28H31N5O2/c1-5-17-32-21(4)24(18-25(34)29-20(3)13-14-22-9-7-6-8-10-22)27(35)33-28(32)30-26(31-33)23-15-11-19(2)12-16-23/h5-12,15-16,20H,1,13-14,17-18H2,2-4H3,(H,29,34). The molecule has 35 heavy (non-hydrogen) atoms. The summed E-state index contributed by atoms with van der Waals surface area (Å²) in [6.07, 6.45) is 3.41. The molecule has 0 saturated carbocycles. The van der Waals surface area contributed by atoms with E-state index in [9.17, 15) is 9.59 Å². The Labute approximate surface area is 205 Å². The van der Waals surface area contributed by atoms with Gasteiger partial charge in [0, 0.05) is 29.4 Å². The van der Waals surface area contributed by atoms with Crippen LogP contribution in [0.25, 0.3) is 17.2 Å². The van der Waals surface area contributed by atoms with Crippen LogP contribution in [0.5, 0.6) is 0 Å². The first-order valence-electron chi connectivity index (χ1n) is 11.9. The fourth-order valence-corrected chi connectivity index (χ4v) is 4.17. The monoisotopic (exact) mass is 469 g/mol. The molecule has 0 spiro atoms. The van der Waals surface area contributed by atoms with E-state index in [-0.39, 0.29) is 23.9 Å². The molecule has 1 N–H and O–H groups in total. The maximum atomic E-state index is 13.4. The van der Waals surface area contributed by atoms with E-state index < -0.39 is 0 Å². The highest BCUT2D eigenvalue weighted by Gasteiger charge is 2.20. The summed E-state index contributed by atoms with van der Waals surface area (Å²) in [6, 6.07) is 18.0.